The molecule has 0 bridgehead atoms. The van der Waals surface area contributed by atoms with Crippen LogP contribution in [-0.2, 0) is 9.09 Å². The predicted octanol–water partition coefficient (Wildman–Crippen LogP) is 3.23. The zero-order chi connectivity index (χ0) is 9.28. The molecule has 2 atom stereocenters. The maximum absolute atomic E-state index is 12.5. The van der Waals surface area contributed by atoms with Crippen molar-refractivity contribution in [3.05, 3.63) is 0 Å². The monoisotopic (exact) mass is 182 g/mol. The Hall–Kier alpha value is 0.120. The van der Waals surface area contributed by atoms with Crippen LogP contribution in [0.5, 0.6) is 0 Å². The van der Waals surface area contributed by atoms with Gasteiger partial charge in [-0.3, -0.25) is 4.57 Å². The molecule has 2 nitrogen and oxygen atoms in total. The van der Waals surface area contributed by atoms with E-state index in [2.05, 4.69) is 0 Å². The van der Waals surface area contributed by atoms with Crippen LogP contribution in [0.1, 0.15) is 27.7 Å². The molecule has 0 aromatic heterocycles. The largest absolute Gasteiger partial charge is 0.364 e. The molecule has 0 aliphatic rings. The molecule has 0 aliphatic heterocycles. The van der Waals surface area contributed by atoms with E-state index in [9.17, 15) is 8.76 Å². The Morgan fingerprint density at radius 1 is 1.45 bits per heavy atom. The fraction of sp³-hybridized carbons (Fsp3) is 1.00. The maximum atomic E-state index is 12.5. The van der Waals surface area contributed by atoms with Gasteiger partial charge in [0, 0.05) is 6.66 Å². The Kier molecular flexibility index (Phi) is 3.27. The lowest BCUT2D eigenvalue weighted by molar-refractivity contribution is 0.0989. The molecule has 0 amide bonds. The first kappa shape index (κ1) is 11.1. The molecular weight excluding hydrogens is 166 g/mol. The van der Waals surface area contributed by atoms with E-state index in [1.54, 1.807) is 6.92 Å². The average Bonchev–Trinajstić information content (AvgIpc) is 1.56. The summed E-state index contributed by atoms with van der Waals surface area (Å²) in [5, 5.41) is 0. The second kappa shape index (κ2) is 3.24. The van der Waals surface area contributed by atoms with Crippen LogP contribution in [0.3, 0.4) is 0 Å². The molecule has 11 heavy (non-hydrogen) atoms. The summed E-state index contributed by atoms with van der Waals surface area (Å²) in [6.45, 7) is 8.43. The molecule has 0 rings (SSSR count). The molecule has 0 heterocycles. The fourth-order valence-corrected chi connectivity index (χ4v) is 1.32. The van der Waals surface area contributed by atoms with Crippen LogP contribution < -0.4 is 0 Å². The van der Waals surface area contributed by atoms with Gasteiger partial charge in [0.15, 0.2) is 0 Å². The lowest BCUT2D eigenvalue weighted by atomic mass is 9.91. The van der Waals surface area contributed by atoms with Crippen LogP contribution >= 0.6 is 7.68 Å². The number of hydrogen-bond acceptors (Lipinski definition) is 2. The van der Waals surface area contributed by atoms with Crippen LogP contribution in [0.4, 0.5) is 4.20 Å². The van der Waals surface area contributed by atoms with Crippen molar-refractivity contribution in [3.63, 3.8) is 0 Å². The molecule has 0 saturated heterocycles. The molecule has 0 unspecified atom stereocenters. The van der Waals surface area contributed by atoms with E-state index in [-0.39, 0.29) is 11.5 Å². The number of hydrogen-bond donors (Lipinski definition) is 0. The first-order valence-corrected chi connectivity index (χ1v) is 5.55. The van der Waals surface area contributed by atoms with E-state index in [4.69, 9.17) is 4.52 Å². The molecule has 0 N–H and O–H groups in total. The van der Waals surface area contributed by atoms with Gasteiger partial charge in [0.2, 0.25) is 0 Å². The SMILES string of the molecule is C[C@@H](O[P@](C)(=O)F)C(C)(C)C. The topological polar surface area (TPSA) is 26.3 Å². The lowest BCUT2D eigenvalue weighted by Crippen LogP contribution is -2.24. The summed E-state index contributed by atoms with van der Waals surface area (Å²) in [6.07, 6.45) is -0.330. The second-order valence-corrected chi connectivity index (χ2v) is 5.56. The van der Waals surface area contributed by atoms with E-state index in [0.29, 0.717) is 0 Å². The van der Waals surface area contributed by atoms with Crippen LogP contribution in [0.25, 0.3) is 0 Å². The standard InChI is InChI=1S/C7H16FO2P/c1-6(7(2,3)4)10-11(5,8)9/h6H,1-5H3/t6-,11+/m1/s1. The van der Waals surface area contributed by atoms with Gasteiger partial charge < -0.3 is 4.52 Å². The first-order valence-electron chi connectivity index (χ1n) is 3.58. The molecule has 4 heteroatoms. The minimum Gasteiger partial charge on any atom is -0.302 e. The van der Waals surface area contributed by atoms with Crippen LogP contribution in [0.15, 0.2) is 0 Å². The second-order valence-electron chi connectivity index (χ2n) is 3.86. The highest BCUT2D eigenvalue weighted by Crippen LogP contribution is 2.47. The van der Waals surface area contributed by atoms with Gasteiger partial charge in [-0.15, -0.1) is 0 Å². The van der Waals surface area contributed by atoms with Gasteiger partial charge in [-0.05, 0) is 12.3 Å². The quantitative estimate of drug-likeness (QED) is 0.613. The molecular formula is C7H16FO2P. The lowest BCUT2D eigenvalue weighted by Gasteiger charge is -2.27. The van der Waals surface area contributed by atoms with Crippen molar-refractivity contribution in [2.45, 2.75) is 33.8 Å². The highest BCUT2D eigenvalue weighted by Gasteiger charge is 2.27. The summed E-state index contributed by atoms with van der Waals surface area (Å²) in [4.78, 5) is 0. The van der Waals surface area contributed by atoms with Gasteiger partial charge in [0.05, 0.1) is 6.10 Å². The summed E-state index contributed by atoms with van der Waals surface area (Å²) in [7, 11) is -3.82. The minimum absolute atomic E-state index is 0.169. The Balaban J connectivity index is 4.10. The van der Waals surface area contributed by atoms with Crippen molar-refractivity contribution in [3.8, 4) is 0 Å². The highest BCUT2D eigenvalue weighted by atomic mass is 31.2. The molecule has 0 saturated carbocycles. The summed E-state index contributed by atoms with van der Waals surface area (Å²) in [6, 6.07) is 0. The van der Waals surface area contributed by atoms with Crippen LogP contribution in [0, 0.1) is 5.41 Å². The fourth-order valence-electron chi connectivity index (χ4n) is 0.441. The normalized spacial score (nSPS) is 20.9. The summed E-state index contributed by atoms with van der Waals surface area (Å²) in [5.41, 5.74) is -0.169. The van der Waals surface area contributed by atoms with Crippen molar-refractivity contribution in [1.82, 2.24) is 0 Å². The van der Waals surface area contributed by atoms with Gasteiger partial charge in [-0.25, -0.2) is 0 Å². The van der Waals surface area contributed by atoms with E-state index in [1.165, 1.54) is 0 Å². The molecule has 0 aromatic carbocycles. The van der Waals surface area contributed by atoms with E-state index < -0.39 is 7.68 Å². The molecule has 68 valence electrons. The average molecular weight is 182 g/mol. The zero-order valence-electron chi connectivity index (χ0n) is 7.72. The maximum Gasteiger partial charge on any atom is 0.364 e. The molecule has 0 spiro atoms. The summed E-state index contributed by atoms with van der Waals surface area (Å²) >= 11 is 0. The van der Waals surface area contributed by atoms with Gasteiger partial charge >= 0.3 is 7.68 Å². The molecule has 0 aliphatic carbocycles. The van der Waals surface area contributed by atoms with Crippen molar-refractivity contribution in [2.75, 3.05) is 6.66 Å². The van der Waals surface area contributed by atoms with Gasteiger partial charge in [-0.2, -0.15) is 4.20 Å². The summed E-state index contributed by atoms with van der Waals surface area (Å²) in [5.74, 6) is 0. The Bertz CT molecular complexity index is 168. The first-order chi connectivity index (χ1) is 4.63. The van der Waals surface area contributed by atoms with Crippen molar-refractivity contribution < 1.29 is 13.3 Å². The Morgan fingerprint density at radius 2 is 1.82 bits per heavy atom. The zero-order valence-corrected chi connectivity index (χ0v) is 8.61. The van der Waals surface area contributed by atoms with E-state index >= 15 is 0 Å². The van der Waals surface area contributed by atoms with Gasteiger partial charge in [0.1, 0.15) is 0 Å². The third kappa shape index (κ3) is 5.40. The van der Waals surface area contributed by atoms with Crippen LogP contribution in [0.2, 0.25) is 0 Å². The minimum atomic E-state index is -3.82. The molecule has 0 aromatic rings. The number of halogens is 1. The summed E-state index contributed by atoms with van der Waals surface area (Å²) < 4.78 is 27.8. The van der Waals surface area contributed by atoms with E-state index in [0.717, 1.165) is 6.66 Å². The van der Waals surface area contributed by atoms with Crippen molar-refractivity contribution in [1.29, 1.82) is 0 Å². The highest BCUT2D eigenvalue weighted by molar-refractivity contribution is 7.52. The smallest absolute Gasteiger partial charge is 0.302 e. The third-order valence-electron chi connectivity index (χ3n) is 1.57. The number of rotatable bonds is 2. The van der Waals surface area contributed by atoms with Crippen LogP contribution in [-0.4, -0.2) is 12.8 Å². The molecule has 0 fully saturated rings. The van der Waals surface area contributed by atoms with Crippen molar-refractivity contribution in [2.24, 2.45) is 5.41 Å². The van der Waals surface area contributed by atoms with Gasteiger partial charge in [-0.1, -0.05) is 20.8 Å². The van der Waals surface area contributed by atoms with E-state index in [1.807, 2.05) is 20.8 Å². The Morgan fingerprint density at radius 3 is 1.91 bits per heavy atom. The molecule has 0 radical (unpaired) electrons. The third-order valence-corrected chi connectivity index (χ3v) is 2.26. The van der Waals surface area contributed by atoms with Crippen molar-refractivity contribution >= 4 is 7.68 Å². The van der Waals surface area contributed by atoms with Gasteiger partial charge in [0.25, 0.3) is 0 Å². The Labute approximate surface area is 67.7 Å². The predicted molar refractivity (Wildman–Crippen MR) is 44.6 cm³/mol.